The minimum atomic E-state index is 0.186. The molecule has 1 heterocycles. The predicted molar refractivity (Wildman–Crippen MR) is 77.3 cm³/mol. The number of benzene rings is 1. The third-order valence-electron chi connectivity index (χ3n) is 3.41. The van der Waals surface area contributed by atoms with Gasteiger partial charge in [0.15, 0.2) is 0 Å². The number of rotatable bonds is 5. The molecule has 0 spiro atoms. The summed E-state index contributed by atoms with van der Waals surface area (Å²) in [6, 6.07) is 5.81. The van der Waals surface area contributed by atoms with Crippen molar-refractivity contribution in [2.75, 3.05) is 30.4 Å². The average Bonchev–Trinajstić information content (AvgIpc) is 2.42. The lowest BCUT2D eigenvalue weighted by Gasteiger charge is -2.29. The number of carbonyl (C=O) groups excluding carboxylic acids is 1. The SMILES string of the molecule is CCOCCCC(=O)N1CCCc2cc(N)ccc21. The minimum absolute atomic E-state index is 0.186. The molecule has 4 nitrogen and oxygen atoms in total. The van der Waals surface area contributed by atoms with E-state index in [-0.39, 0.29) is 5.91 Å². The van der Waals surface area contributed by atoms with Gasteiger partial charge in [-0.2, -0.15) is 0 Å². The zero-order chi connectivity index (χ0) is 13.7. The lowest BCUT2D eigenvalue weighted by molar-refractivity contribution is -0.119. The fourth-order valence-corrected chi connectivity index (χ4v) is 2.48. The van der Waals surface area contributed by atoms with Crippen LogP contribution in [0.15, 0.2) is 18.2 Å². The van der Waals surface area contributed by atoms with Crippen molar-refractivity contribution in [3.63, 3.8) is 0 Å². The van der Waals surface area contributed by atoms with E-state index in [1.54, 1.807) is 0 Å². The van der Waals surface area contributed by atoms with Gasteiger partial charge in [0.05, 0.1) is 0 Å². The van der Waals surface area contributed by atoms with Crippen molar-refractivity contribution in [3.05, 3.63) is 23.8 Å². The molecular weight excluding hydrogens is 240 g/mol. The van der Waals surface area contributed by atoms with E-state index in [4.69, 9.17) is 10.5 Å². The number of hydrogen-bond acceptors (Lipinski definition) is 3. The van der Waals surface area contributed by atoms with Gasteiger partial charge in [0, 0.05) is 37.6 Å². The van der Waals surface area contributed by atoms with E-state index in [2.05, 4.69) is 0 Å². The van der Waals surface area contributed by atoms with Crippen molar-refractivity contribution < 1.29 is 9.53 Å². The van der Waals surface area contributed by atoms with Gasteiger partial charge in [-0.25, -0.2) is 0 Å². The highest BCUT2D eigenvalue weighted by atomic mass is 16.5. The zero-order valence-electron chi connectivity index (χ0n) is 11.5. The Kier molecular flexibility index (Phi) is 4.80. The monoisotopic (exact) mass is 262 g/mol. The van der Waals surface area contributed by atoms with Crippen LogP contribution in [-0.4, -0.2) is 25.7 Å². The summed E-state index contributed by atoms with van der Waals surface area (Å²) >= 11 is 0. The molecule has 0 saturated carbocycles. The fourth-order valence-electron chi connectivity index (χ4n) is 2.48. The van der Waals surface area contributed by atoms with Crippen LogP contribution in [0.5, 0.6) is 0 Å². The number of fused-ring (bicyclic) bond motifs is 1. The smallest absolute Gasteiger partial charge is 0.227 e. The molecule has 19 heavy (non-hydrogen) atoms. The number of carbonyl (C=O) groups is 1. The van der Waals surface area contributed by atoms with Crippen molar-refractivity contribution in [2.24, 2.45) is 0 Å². The van der Waals surface area contributed by atoms with Crippen LogP contribution in [0.25, 0.3) is 0 Å². The van der Waals surface area contributed by atoms with E-state index in [1.165, 1.54) is 5.56 Å². The number of hydrogen-bond donors (Lipinski definition) is 1. The van der Waals surface area contributed by atoms with Crippen molar-refractivity contribution in [3.8, 4) is 0 Å². The van der Waals surface area contributed by atoms with Gasteiger partial charge < -0.3 is 15.4 Å². The molecule has 0 saturated heterocycles. The molecule has 4 heteroatoms. The highest BCUT2D eigenvalue weighted by Crippen LogP contribution is 2.29. The van der Waals surface area contributed by atoms with Gasteiger partial charge in [-0.15, -0.1) is 0 Å². The average molecular weight is 262 g/mol. The molecule has 1 aromatic carbocycles. The maximum absolute atomic E-state index is 12.2. The Balaban J connectivity index is 2.00. The minimum Gasteiger partial charge on any atom is -0.399 e. The van der Waals surface area contributed by atoms with E-state index in [0.717, 1.165) is 37.2 Å². The third-order valence-corrected chi connectivity index (χ3v) is 3.41. The molecule has 0 bridgehead atoms. The third kappa shape index (κ3) is 3.47. The van der Waals surface area contributed by atoms with E-state index >= 15 is 0 Å². The highest BCUT2D eigenvalue weighted by Gasteiger charge is 2.21. The Labute approximate surface area is 114 Å². The maximum atomic E-state index is 12.2. The van der Waals surface area contributed by atoms with Crippen LogP contribution in [0.2, 0.25) is 0 Å². The van der Waals surface area contributed by atoms with Crippen molar-refractivity contribution in [1.82, 2.24) is 0 Å². The molecule has 0 radical (unpaired) electrons. The summed E-state index contributed by atoms with van der Waals surface area (Å²) in [5, 5.41) is 0. The molecule has 0 atom stereocenters. The van der Waals surface area contributed by atoms with E-state index in [0.29, 0.717) is 19.6 Å². The van der Waals surface area contributed by atoms with Gasteiger partial charge in [-0.3, -0.25) is 4.79 Å². The molecule has 1 amide bonds. The van der Waals surface area contributed by atoms with Crippen LogP contribution < -0.4 is 10.6 Å². The van der Waals surface area contributed by atoms with Crippen LogP contribution in [0.4, 0.5) is 11.4 Å². The van der Waals surface area contributed by atoms with Gasteiger partial charge >= 0.3 is 0 Å². The number of aryl methyl sites for hydroxylation is 1. The normalized spacial score (nSPS) is 14.3. The first-order valence-electron chi connectivity index (χ1n) is 6.99. The summed E-state index contributed by atoms with van der Waals surface area (Å²) in [4.78, 5) is 14.1. The number of nitrogens with zero attached hydrogens (tertiary/aromatic N) is 1. The fraction of sp³-hybridized carbons (Fsp3) is 0.533. The van der Waals surface area contributed by atoms with Crippen LogP contribution in [0, 0.1) is 0 Å². The van der Waals surface area contributed by atoms with Gasteiger partial charge in [-0.1, -0.05) is 0 Å². The van der Waals surface area contributed by atoms with Gasteiger partial charge in [-0.05, 0) is 49.9 Å². The molecule has 0 aliphatic carbocycles. The molecule has 2 N–H and O–H groups in total. The second-order valence-electron chi connectivity index (χ2n) is 4.84. The topological polar surface area (TPSA) is 55.6 Å². The maximum Gasteiger partial charge on any atom is 0.227 e. The van der Waals surface area contributed by atoms with Gasteiger partial charge in [0.25, 0.3) is 0 Å². The van der Waals surface area contributed by atoms with E-state index < -0.39 is 0 Å². The van der Waals surface area contributed by atoms with E-state index in [1.807, 2.05) is 30.0 Å². The Bertz CT molecular complexity index is 446. The molecule has 0 aromatic heterocycles. The summed E-state index contributed by atoms with van der Waals surface area (Å²) in [6.07, 6.45) is 3.34. The lowest BCUT2D eigenvalue weighted by atomic mass is 10.0. The first-order valence-corrected chi connectivity index (χ1v) is 6.99. The number of nitrogen functional groups attached to an aromatic ring is 1. The molecule has 1 aromatic rings. The van der Waals surface area contributed by atoms with Gasteiger partial charge in [0.2, 0.25) is 5.91 Å². The van der Waals surface area contributed by atoms with Gasteiger partial charge in [0.1, 0.15) is 0 Å². The Morgan fingerprint density at radius 1 is 1.47 bits per heavy atom. The van der Waals surface area contributed by atoms with Crippen LogP contribution in [0.1, 0.15) is 31.7 Å². The summed E-state index contributed by atoms with van der Waals surface area (Å²) in [5.74, 6) is 0.186. The number of amides is 1. The summed E-state index contributed by atoms with van der Waals surface area (Å²) in [6.45, 7) is 4.14. The number of nitrogens with two attached hydrogens (primary N) is 1. The van der Waals surface area contributed by atoms with E-state index in [9.17, 15) is 4.79 Å². The largest absolute Gasteiger partial charge is 0.399 e. The predicted octanol–water partition coefficient (Wildman–Crippen LogP) is 2.36. The quantitative estimate of drug-likeness (QED) is 0.654. The highest BCUT2D eigenvalue weighted by molar-refractivity contribution is 5.94. The van der Waals surface area contributed by atoms with Crippen LogP contribution >= 0.6 is 0 Å². The molecule has 1 aliphatic heterocycles. The number of ether oxygens (including phenoxy) is 1. The summed E-state index contributed by atoms with van der Waals surface area (Å²) in [5.41, 5.74) is 8.78. The van der Waals surface area contributed by atoms with Crippen molar-refractivity contribution in [1.29, 1.82) is 0 Å². The Morgan fingerprint density at radius 3 is 3.11 bits per heavy atom. The second kappa shape index (κ2) is 6.57. The van der Waals surface area contributed by atoms with Crippen LogP contribution in [-0.2, 0) is 16.0 Å². The molecule has 0 unspecified atom stereocenters. The van der Waals surface area contributed by atoms with Crippen molar-refractivity contribution >= 4 is 17.3 Å². The Hall–Kier alpha value is -1.55. The summed E-state index contributed by atoms with van der Waals surface area (Å²) < 4.78 is 5.27. The lowest BCUT2D eigenvalue weighted by Crippen LogP contribution is -2.35. The first kappa shape index (κ1) is 13.9. The standard InChI is InChI=1S/C15H22N2O2/c1-2-19-10-4-6-15(18)17-9-3-5-12-11-13(16)7-8-14(12)17/h7-8,11H,2-6,9-10,16H2,1H3. The Morgan fingerprint density at radius 2 is 2.32 bits per heavy atom. The zero-order valence-corrected chi connectivity index (χ0v) is 11.5. The second-order valence-corrected chi connectivity index (χ2v) is 4.84. The first-order chi connectivity index (χ1) is 9.22. The molecular formula is C15H22N2O2. The number of anilines is 2. The molecule has 0 fully saturated rings. The van der Waals surface area contributed by atoms with Crippen molar-refractivity contribution in [2.45, 2.75) is 32.6 Å². The van der Waals surface area contributed by atoms with Crippen LogP contribution in [0.3, 0.4) is 0 Å². The molecule has 1 aliphatic rings. The summed E-state index contributed by atoms with van der Waals surface area (Å²) in [7, 11) is 0. The molecule has 2 rings (SSSR count). The molecule has 104 valence electrons.